The lowest BCUT2D eigenvalue weighted by atomic mass is 10.1. The number of hydrogen-bond acceptors (Lipinski definition) is 4. The number of nitrogens with zero attached hydrogens (tertiary/aromatic N) is 1. The predicted octanol–water partition coefficient (Wildman–Crippen LogP) is 4.63. The van der Waals surface area contributed by atoms with Crippen molar-refractivity contribution >= 4 is 16.9 Å². The molecule has 0 amide bonds. The van der Waals surface area contributed by atoms with Crippen LogP contribution in [0.15, 0.2) is 59.2 Å². The number of hydrogen-bond donors (Lipinski definition) is 1. The van der Waals surface area contributed by atoms with E-state index in [1.807, 2.05) is 31.2 Å². The number of rotatable bonds is 4. The minimum absolute atomic E-state index is 0.0114. The Morgan fingerprint density at radius 2 is 1.96 bits per heavy atom. The van der Waals surface area contributed by atoms with Crippen molar-refractivity contribution < 1.29 is 18.3 Å². The van der Waals surface area contributed by atoms with Gasteiger partial charge in [-0.25, -0.2) is 14.2 Å². The Morgan fingerprint density at radius 1 is 1.19 bits per heavy atom. The molecule has 0 aliphatic carbocycles. The molecular formula is C20H15FN2O3. The lowest BCUT2D eigenvalue weighted by Crippen LogP contribution is -2.06. The summed E-state index contributed by atoms with van der Waals surface area (Å²) in [6.45, 7) is 1.82. The SMILES string of the molecule is Cc1[nH]c2ccccc2c1C(=O)OCc1coc(-c2ccc(F)cc2)n1. The Labute approximate surface area is 148 Å². The van der Waals surface area contributed by atoms with E-state index in [1.165, 1.54) is 18.4 Å². The van der Waals surface area contributed by atoms with Crippen molar-refractivity contribution in [2.24, 2.45) is 0 Å². The van der Waals surface area contributed by atoms with E-state index in [9.17, 15) is 9.18 Å². The second kappa shape index (κ2) is 6.48. The van der Waals surface area contributed by atoms with Gasteiger partial charge in [-0.2, -0.15) is 0 Å². The van der Waals surface area contributed by atoms with Crippen LogP contribution in [0.3, 0.4) is 0 Å². The minimum Gasteiger partial charge on any atom is -0.455 e. The number of halogens is 1. The van der Waals surface area contributed by atoms with E-state index in [2.05, 4.69) is 9.97 Å². The van der Waals surface area contributed by atoms with E-state index in [1.54, 1.807) is 12.1 Å². The number of oxazole rings is 1. The highest BCUT2D eigenvalue weighted by molar-refractivity contribution is 6.05. The van der Waals surface area contributed by atoms with Crippen molar-refractivity contribution in [2.45, 2.75) is 13.5 Å². The normalized spacial score (nSPS) is 11.0. The maximum atomic E-state index is 13.0. The number of carbonyl (C=O) groups is 1. The number of nitrogens with one attached hydrogen (secondary N) is 1. The summed E-state index contributed by atoms with van der Waals surface area (Å²) in [5.74, 6) is -0.408. The molecule has 0 saturated heterocycles. The van der Waals surface area contributed by atoms with Gasteiger partial charge in [0.05, 0.1) is 5.56 Å². The summed E-state index contributed by atoms with van der Waals surface area (Å²) in [4.78, 5) is 19.9. The fourth-order valence-corrected chi connectivity index (χ4v) is 2.85. The van der Waals surface area contributed by atoms with Crippen LogP contribution in [0.2, 0.25) is 0 Å². The summed E-state index contributed by atoms with van der Waals surface area (Å²) in [7, 11) is 0. The molecule has 6 heteroatoms. The molecule has 0 aliphatic heterocycles. The number of H-pyrrole nitrogens is 1. The predicted molar refractivity (Wildman–Crippen MR) is 94.1 cm³/mol. The van der Waals surface area contributed by atoms with Crippen LogP contribution < -0.4 is 0 Å². The molecule has 0 spiro atoms. The molecule has 0 bridgehead atoms. The number of fused-ring (bicyclic) bond motifs is 1. The number of carbonyl (C=O) groups excluding carboxylic acids is 1. The van der Waals surface area contributed by atoms with Crippen LogP contribution in [0.5, 0.6) is 0 Å². The van der Waals surface area contributed by atoms with Gasteiger partial charge >= 0.3 is 5.97 Å². The molecule has 2 heterocycles. The fourth-order valence-electron chi connectivity index (χ4n) is 2.85. The smallest absolute Gasteiger partial charge is 0.340 e. The number of para-hydroxylation sites is 1. The maximum Gasteiger partial charge on any atom is 0.340 e. The third-order valence-electron chi connectivity index (χ3n) is 4.09. The first-order valence-electron chi connectivity index (χ1n) is 8.06. The molecule has 0 radical (unpaired) electrons. The third kappa shape index (κ3) is 2.97. The van der Waals surface area contributed by atoms with Gasteiger partial charge < -0.3 is 14.1 Å². The first-order chi connectivity index (χ1) is 12.6. The summed E-state index contributed by atoms with van der Waals surface area (Å²) < 4.78 is 23.7. The van der Waals surface area contributed by atoms with Crippen LogP contribution in [0.4, 0.5) is 4.39 Å². The monoisotopic (exact) mass is 350 g/mol. The van der Waals surface area contributed by atoms with Crippen molar-refractivity contribution in [1.82, 2.24) is 9.97 Å². The molecule has 0 atom stereocenters. The van der Waals surface area contributed by atoms with E-state index in [0.29, 0.717) is 22.7 Å². The van der Waals surface area contributed by atoms with E-state index in [4.69, 9.17) is 9.15 Å². The lowest BCUT2D eigenvalue weighted by molar-refractivity contribution is 0.0469. The molecule has 0 unspecified atom stereocenters. The molecule has 4 rings (SSSR count). The van der Waals surface area contributed by atoms with E-state index < -0.39 is 5.97 Å². The Balaban J connectivity index is 1.50. The molecule has 2 aromatic heterocycles. The van der Waals surface area contributed by atoms with Crippen molar-refractivity contribution in [3.8, 4) is 11.5 Å². The number of aryl methyl sites for hydroxylation is 1. The molecular weight excluding hydrogens is 335 g/mol. The Hall–Kier alpha value is -3.41. The van der Waals surface area contributed by atoms with Crippen LogP contribution in [0.1, 0.15) is 21.7 Å². The van der Waals surface area contributed by atoms with Crippen molar-refractivity contribution in [3.63, 3.8) is 0 Å². The zero-order valence-electron chi connectivity index (χ0n) is 14.0. The van der Waals surface area contributed by atoms with Crippen molar-refractivity contribution in [2.75, 3.05) is 0 Å². The summed E-state index contributed by atoms with van der Waals surface area (Å²) in [5.41, 5.74) is 3.29. The topological polar surface area (TPSA) is 68.1 Å². The molecule has 0 saturated carbocycles. The van der Waals surface area contributed by atoms with Gasteiger partial charge in [0.1, 0.15) is 24.4 Å². The fraction of sp³-hybridized carbons (Fsp3) is 0.100. The number of benzene rings is 2. The molecule has 0 aliphatic rings. The molecule has 1 N–H and O–H groups in total. The standard InChI is InChI=1S/C20H15FN2O3/c1-12-18(16-4-2-3-5-17(16)22-12)20(24)26-11-15-10-25-19(23-15)13-6-8-14(21)9-7-13/h2-10,22H,11H2,1H3. The highest BCUT2D eigenvalue weighted by Gasteiger charge is 2.18. The molecule has 0 fully saturated rings. The van der Waals surface area contributed by atoms with Gasteiger partial charge in [0.15, 0.2) is 0 Å². The van der Waals surface area contributed by atoms with Gasteiger partial charge in [-0.05, 0) is 37.3 Å². The van der Waals surface area contributed by atoms with Gasteiger partial charge in [0, 0.05) is 22.2 Å². The number of esters is 1. The second-order valence-corrected chi connectivity index (χ2v) is 5.90. The molecule has 26 heavy (non-hydrogen) atoms. The van der Waals surface area contributed by atoms with Gasteiger partial charge in [-0.15, -0.1) is 0 Å². The average molecular weight is 350 g/mol. The largest absolute Gasteiger partial charge is 0.455 e. The Bertz CT molecular complexity index is 1080. The Kier molecular flexibility index (Phi) is 4.01. The summed E-state index contributed by atoms with van der Waals surface area (Å²) >= 11 is 0. The van der Waals surface area contributed by atoms with Crippen LogP contribution >= 0.6 is 0 Å². The quantitative estimate of drug-likeness (QED) is 0.545. The van der Waals surface area contributed by atoms with Gasteiger partial charge in [-0.1, -0.05) is 18.2 Å². The summed E-state index contributed by atoms with van der Waals surface area (Å²) in [6.07, 6.45) is 1.42. The highest BCUT2D eigenvalue weighted by Crippen LogP contribution is 2.23. The van der Waals surface area contributed by atoms with Crippen molar-refractivity contribution in [1.29, 1.82) is 0 Å². The van der Waals surface area contributed by atoms with Crippen LogP contribution in [-0.2, 0) is 11.3 Å². The number of aromatic amines is 1. The third-order valence-corrected chi connectivity index (χ3v) is 4.09. The molecule has 5 nitrogen and oxygen atoms in total. The van der Waals surface area contributed by atoms with Crippen LogP contribution in [0, 0.1) is 12.7 Å². The second-order valence-electron chi connectivity index (χ2n) is 5.90. The van der Waals surface area contributed by atoms with Crippen molar-refractivity contribution in [3.05, 3.63) is 77.6 Å². The number of ether oxygens (including phenoxy) is 1. The zero-order chi connectivity index (χ0) is 18.1. The first-order valence-corrected chi connectivity index (χ1v) is 8.06. The average Bonchev–Trinajstić information content (AvgIpc) is 3.24. The molecule has 4 aromatic rings. The summed E-state index contributed by atoms with van der Waals surface area (Å²) in [5, 5.41) is 0.821. The molecule has 130 valence electrons. The van der Waals surface area contributed by atoms with Gasteiger partial charge in [0.25, 0.3) is 0 Å². The lowest BCUT2D eigenvalue weighted by Gasteiger charge is -2.02. The van der Waals surface area contributed by atoms with E-state index in [-0.39, 0.29) is 12.4 Å². The maximum absolute atomic E-state index is 13.0. The van der Waals surface area contributed by atoms with Gasteiger partial charge in [0.2, 0.25) is 5.89 Å². The van der Waals surface area contributed by atoms with Crippen LogP contribution in [0.25, 0.3) is 22.4 Å². The van der Waals surface area contributed by atoms with Crippen LogP contribution in [-0.4, -0.2) is 15.9 Å². The molecule has 2 aromatic carbocycles. The summed E-state index contributed by atoms with van der Waals surface area (Å²) in [6, 6.07) is 13.4. The van der Waals surface area contributed by atoms with E-state index >= 15 is 0 Å². The highest BCUT2D eigenvalue weighted by atomic mass is 19.1. The first kappa shape index (κ1) is 16.1. The number of aromatic nitrogens is 2. The Morgan fingerprint density at radius 3 is 2.77 bits per heavy atom. The van der Waals surface area contributed by atoms with Gasteiger partial charge in [-0.3, -0.25) is 0 Å². The van der Waals surface area contributed by atoms with E-state index in [0.717, 1.165) is 16.6 Å². The minimum atomic E-state index is -0.425. The zero-order valence-corrected chi connectivity index (χ0v) is 14.0.